The van der Waals surface area contributed by atoms with E-state index in [0.717, 1.165) is 54.9 Å². The van der Waals surface area contributed by atoms with Crippen LogP contribution in [0.2, 0.25) is 0 Å². The molecule has 1 radical (unpaired) electrons. The highest BCUT2D eigenvalue weighted by Crippen LogP contribution is 2.34. The van der Waals surface area contributed by atoms with Crippen molar-refractivity contribution < 1.29 is 0 Å². The molecule has 2 N–H and O–H groups in total. The van der Waals surface area contributed by atoms with Gasteiger partial charge in [-0.2, -0.15) is 15.0 Å². The van der Waals surface area contributed by atoms with E-state index in [1.54, 1.807) is 33.4 Å². The number of anilines is 4. The Morgan fingerprint density at radius 3 is 0.500 bits per heavy atom. The molecule has 0 aliphatic rings. The molecule has 1 heterocycles. The smallest absolute Gasteiger partial charge is 0.232 e. The lowest BCUT2D eigenvalue weighted by atomic mass is 9.89. The normalized spacial score (nSPS) is 11.7. The molecule has 5 heteroatoms. The second-order valence-corrected chi connectivity index (χ2v) is 42.2. The van der Waals surface area contributed by atoms with Gasteiger partial charge >= 0.3 is 0 Å². The summed E-state index contributed by atoms with van der Waals surface area (Å²) in [6, 6.07) is 19.2. The van der Waals surface area contributed by atoms with Crippen molar-refractivity contribution in [2.75, 3.05) is 10.6 Å². The van der Waals surface area contributed by atoms with Crippen molar-refractivity contribution in [3.8, 4) is 11.4 Å². The Labute approximate surface area is 813 Å². The first kappa shape index (κ1) is 119. The summed E-state index contributed by atoms with van der Waals surface area (Å²) in [7, 11) is 0. The van der Waals surface area contributed by atoms with Gasteiger partial charge in [0, 0.05) is 16.9 Å². The standard InChI is InChI=1S/C125H224N5/c1-8-15-21-27-33-39-45-51-57-63-69-75-81-87-93-99-115-109-119(110-116(100-94-88-82-76-70-64-58-52-46-40-34-28-22-16-9-2)121(115)103-97-91-85-79-73-67-61-55-49-43-37-31-25-19-12-5)126-124-128-123(114-107-105-113(14-7)106-108-114)129-125(130-124)127-120-111-117(101-95-89-83-77-71-65-59-53-47-41-35-29-23-17-10-3)122(104-98-92-86-80-74-68-62-56-50-44-38-32-26-20-13-6)118(112-120)102-96-90-84-78-72-66-60-54-48-42-36-30-24-18-11-4/h105-112H,7-104H2,1-6H3,(H2,126,127,128,129,130). The Balaban J connectivity index is 1.71. The molecule has 0 bridgehead atoms. The van der Waals surface area contributed by atoms with Crippen LogP contribution < -0.4 is 10.6 Å². The number of unbranched alkanes of at least 4 members (excludes halogenated alkanes) is 84. The Hall–Kier alpha value is -3.73. The summed E-state index contributed by atoms with van der Waals surface area (Å²) in [6.07, 6.45) is 134. The molecule has 0 fully saturated rings. The van der Waals surface area contributed by atoms with Gasteiger partial charge in [-0.3, -0.25) is 0 Å². The van der Waals surface area contributed by atoms with Crippen molar-refractivity contribution >= 4 is 23.3 Å². The van der Waals surface area contributed by atoms with E-state index in [1.165, 1.54) is 596 Å². The molecule has 0 saturated carbocycles. The minimum absolute atomic E-state index is 0.639. The molecule has 5 nitrogen and oxygen atoms in total. The number of nitrogens with one attached hydrogen (secondary N) is 2. The Morgan fingerprint density at radius 1 is 0.185 bits per heavy atom. The molecule has 0 saturated heterocycles. The summed E-state index contributed by atoms with van der Waals surface area (Å²) < 4.78 is 0. The van der Waals surface area contributed by atoms with Crippen LogP contribution in [0, 0.1) is 6.92 Å². The van der Waals surface area contributed by atoms with Crippen molar-refractivity contribution in [2.45, 2.75) is 664 Å². The van der Waals surface area contributed by atoms with Crippen molar-refractivity contribution in [2.24, 2.45) is 0 Å². The van der Waals surface area contributed by atoms with Gasteiger partial charge in [-0.15, -0.1) is 0 Å². The van der Waals surface area contributed by atoms with Crippen molar-refractivity contribution in [3.63, 3.8) is 0 Å². The van der Waals surface area contributed by atoms with Gasteiger partial charge in [0.1, 0.15) is 0 Å². The molecule has 749 valence electrons. The third-order valence-electron chi connectivity index (χ3n) is 29.8. The van der Waals surface area contributed by atoms with Crippen LogP contribution in [0.5, 0.6) is 0 Å². The van der Waals surface area contributed by atoms with E-state index in [0.29, 0.717) is 11.9 Å². The van der Waals surface area contributed by atoms with Crippen molar-refractivity contribution in [1.82, 2.24) is 15.0 Å². The fraction of sp³-hybridized carbons (Fsp3) is 0.824. The van der Waals surface area contributed by atoms with Crippen LogP contribution in [0.15, 0.2) is 48.5 Å². The van der Waals surface area contributed by atoms with E-state index in [4.69, 9.17) is 15.0 Å². The maximum absolute atomic E-state index is 5.52. The molecule has 0 spiro atoms. The van der Waals surface area contributed by atoms with Crippen LogP contribution in [0.3, 0.4) is 0 Å². The fourth-order valence-electron chi connectivity index (χ4n) is 21.1. The molecular weight excluding hydrogens is 1570 g/mol. The third kappa shape index (κ3) is 68.3. The molecule has 3 aromatic carbocycles. The van der Waals surface area contributed by atoms with Crippen LogP contribution in [0.1, 0.15) is 658 Å². The van der Waals surface area contributed by atoms with Gasteiger partial charge in [0.05, 0.1) is 0 Å². The van der Waals surface area contributed by atoms with Gasteiger partial charge < -0.3 is 10.6 Å². The summed E-state index contributed by atoms with van der Waals surface area (Å²) >= 11 is 0. The van der Waals surface area contributed by atoms with Gasteiger partial charge in [-0.05, 0) is 154 Å². The van der Waals surface area contributed by atoms with E-state index >= 15 is 0 Å². The zero-order valence-electron chi connectivity index (χ0n) is 88.8. The molecule has 0 amide bonds. The largest absolute Gasteiger partial charge is 0.324 e. The average molecular weight is 1800 g/mol. The highest BCUT2D eigenvalue weighted by molar-refractivity contribution is 5.66. The Bertz CT molecular complexity index is 2730. The summed E-state index contributed by atoms with van der Waals surface area (Å²) in [4.78, 5) is 16.4. The molecule has 0 atom stereocenters. The number of aryl methyl sites for hydroxylation is 4. The summed E-state index contributed by atoms with van der Waals surface area (Å²) in [6.45, 7) is 18.3. The van der Waals surface area contributed by atoms with Gasteiger partial charge in [0.25, 0.3) is 0 Å². The molecule has 0 aliphatic carbocycles. The van der Waals surface area contributed by atoms with E-state index in [-0.39, 0.29) is 0 Å². The van der Waals surface area contributed by atoms with E-state index in [2.05, 4.69) is 108 Å². The highest BCUT2D eigenvalue weighted by Gasteiger charge is 2.19. The molecule has 4 rings (SSSR count). The van der Waals surface area contributed by atoms with Crippen LogP contribution in [-0.4, -0.2) is 15.0 Å². The minimum Gasteiger partial charge on any atom is -0.324 e. The van der Waals surface area contributed by atoms with Crippen LogP contribution in [0.4, 0.5) is 23.3 Å². The van der Waals surface area contributed by atoms with Crippen molar-refractivity contribution in [3.05, 3.63) is 94.4 Å². The molecule has 1 aromatic heterocycles. The van der Waals surface area contributed by atoms with Gasteiger partial charge in [-0.25, -0.2) is 0 Å². The Morgan fingerprint density at radius 2 is 0.338 bits per heavy atom. The highest BCUT2D eigenvalue weighted by atomic mass is 15.2. The number of aromatic nitrogens is 3. The summed E-state index contributed by atoms with van der Waals surface area (Å²) in [5.41, 5.74) is 14.3. The van der Waals surface area contributed by atoms with Gasteiger partial charge in [0.15, 0.2) is 5.82 Å². The predicted molar refractivity (Wildman–Crippen MR) is 586 cm³/mol. The average Bonchev–Trinajstić information content (AvgIpc) is 0.807. The topological polar surface area (TPSA) is 62.7 Å². The number of nitrogens with zero attached hydrogens (tertiary/aromatic N) is 3. The zero-order chi connectivity index (χ0) is 92.3. The second-order valence-electron chi connectivity index (χ2n) is 42.2. The van der Waals surface area contributed by atoms with Gasteiger partial charge in [0.2, 0.25) is 11.9 Å². The first-order valence-corrected chi connectivity index (χ1v) is 59.9. The summed E-state index contributed by atoms with van der Waals surface area (Å²) in [5, 5.41) is 8.05. The quantitative estimate of drug-likeness (QED) is 0.0431. The Kier molecular flexibility index (Phi) is 83.6. The molecule has 0 aliphatic heterocycles. The second kappa shape index (κ2) is 91.7. The SMILES string of the molecule is [CH2]Cc1ccc(-c2nc(Nc3cc(CCCCCCCCCCCCCCCCC)c(CCCCCCCCCCCCCCCCC)c(CCCCCCCCCCCCCCCCC)c3)nc(Nc3cc(CCCCCCCCCCCCCCCCC)c(CCCCCCCCCCCCCCCCC)c(CCCCCCCCCCCCCCCCC)c3)n2)cc1. The molecule has 4 aromatic rings. The first-order valence-electron chi connectivity index (χ1n) is 59.9. The van der Waals surface area contributed by atoms with E-state index in [1.807, 2.05) is 0 Å². The number of benzene rings is 3. The maximum Gasteiger partial charge on any atom is 0.232 e. The van der Waals surface area contributed by atoms with E-state index < -0.39 is 0 Å². The maximum atomic E-state index is 5.52. The molecule has 0 unspecified atom stereocenters. The lowest BCUT2D eigenvalue weighted by molar-refractivity contribution is 0.530. The fourth-order valence-corrected chi connectivity index (χ4v) is 21.1. The monoisotopic (exact) mass is 1800 g/mol. The summed E-state index contributed by atoms with van der Waals surface area (Å²) in [5.74, 6) is 2.00. The number of hydrogen-bond acceptors (Lipinski definition) is 5. The predicted octanol–water partition coefficient (Wildman–Crippen LogP) is 43.9. The molecule has 130 heavy (non-hydrogen) atoms. The lowest BCUT2D eigenvalue weighted by Crippen LogP contribution is -2.09. The van der Waals surface area contributed by atoms with Crippen LogP contribution in [0.25, 0.3) is 11.4 Å². The lowest BCUT2D eigenvalue weighted by Gasteiger charge is -2.20. The van der Waals surface area contributed by atoms with Crippen LogP contribution in [-0.2, 0) is 44.9 Å². The molecular formula is C125H224N5. The first-order chi connectivity index (χ1) is 64.5. The van der Waals surface area contributed by atoms with E-state index in [9.17, 15) is 0 Å². The number of hydrogen-bond donors (Lipinski definition) is 2. The van der Waals surface area contributed by atoms with Gasteiger partial charge in [-0.1, -0.05) is 605 Å². The van der Waals surface area contributed by atoms with Crippen LogP contribution >= 0.6 is 0 Å². The zero-order valence-corrected chi connectivity index (χ0v) is 88.8. The third-order valence-corrected chi connectivity index (χ3v) is 29.8. The minimum atomic E-state index is 0.639. The van der Waals surface area contributed by atoms with Crippen molar-refractivity contribution in [1.29, 1.82) is 0 Å². The number of rotatable bonds is 102.